The first kappa shape index (κ1) is 34.1. The van der Waals surface area contributed by atoms with E-state index < -0.39 is 29.6 Å². The molecule has 0 aromatic heterocycles. The van der Waals surface area contributed by atoms with Crippen molar-refractivity contribution in [3.63, 3.8) is 0 Å². The van der Waals surface area contributed by atoms with Gasteiger partial charge in [-0.05, 0) is 61.2 Å². The number of rotatable bonds is 4. The van der Waals surface area contributed by atoms with Gasteiger partial charge in [0.15, 0.2) is 0 Å². The number of carboxylic acid groups (broad SMARTS) is 1. The van der Waals surface area contributed by atoms with Crippen LogP contribution in [-0.4, -0.2) is 77.6 Å². The lowest BCUT2D eigenvalue weighted by Gasteiger charge is -2.45. The van der Waals surface area contributed by atoms with E-state index in [2.05, 4.69) is 10.2 Å². The van der Waals surface area contributed by atoms with Crippen LogP contribution in [-0.2, 0) is 23.7 Å². The minimum Gasteiger partial charge on any atom is -0.661 e. The second-order valence-corrected chi connectivity index (χ2v) is 10.6. The van der Waals surface area contributed by atoms with Crippen LogP contribution >= 0.6 is 0 Å². The summed E-state index contributed by atoms with van der Waals surface area (Å²) in [6.45, 7) is 6.76. The van der Waals surface area contributed by atoms with Gasteiger partial charge in [-0.25, -0.2) is 9.18 Å². The van der Waals surface area contributed by atoms with E-state index in [0.29, 0.717) is 38.2 Å². The number of hydrogen-bond donors (Lipinski definition) is 1. The number of aryl methyl sites for hydroxylation is 1. The monoisotopic (exact) mass is 619 g/mol. The standard InChI is InChI=1S/C19H26FN3O3.C10H8F6N/c1-13-11-15(20)3-4-17(13)18-12-16(5-6-23(18)19(25)26)22-9-7-21(8-10-22)14(2)24;1-17-5-6-2-7(9(11,12)13)4-8(3-6)10(14,15)16/h3-4,11,16,18H,5-10,12H2,1-2H3,(H,25,26);2-4H,5H2,1H3/q;-1/t16-,18+;/m0./s1. The largest absolute Gasteiger partial charge is 0.661 e. The van der Waals surface area contributed by atoms with Gasteiger partial charge in [-0.3, -0.25) is 9.69 Å². The van der Waals surface area contributed by atoms with Gasteiger partial charge in [-0.1, -0.05) is 11.6 Å². The summed E-state index contributed by atoms with van der Waals surface area (Å²) in [5.41, 5.74) is -1.09. The van der Waals surface area contributed by atoms with Crippen LogP contribution in [0.25, 0.3) is 5.32 Å². The first-order valence-corrected chi connectivity index (χ1v) is 13.6. The van der Waals surface area contributed by atoms with Gasteiger partial charge < -0.3 is 20.2 Å². The molecule has 4 rings (SSSR count). The number of carbonyl (C=O) groups excluding carboxylic acids is 1. The van der Waals surface area contributed by atoms with Crippen molar-refractivity contribution >= 4 is 12.0 Å². The van der Waals surface area contributed by atoms with Crippen molar-refractivity contribution in [1.29, 1.82) is 0 Å². The van der Waals surface area contributed by atoms with Crippen LogP contribution < -0.4 is 0 Å². The highest BCUT2D eigenvalue weighted by Gasteiger charge is 2.38. The van der Waals surface area contributed by atoms with E-state index in [9.17, 15) is 45.4 Å². The van der Waals surface area contributed by atoms with Crippen LogP contribution in [0, 0.1) is 12.7 Å². The molecule has 1 N–H and O–H groups in total. The van der Waals surface area contributed by atoms with E-state index in [1.807, 2.05) is 11.8 Å². The molecule has 43 heavy (non-hydrogen) atoms. The molecule has 0 spiro atoms. The fraction of sp³-hybridized carbons (Fsp3) is 0.517. The molecular weight excluding hydrogens is 585 g/mol. The molecule has 0 bridgehead atoms. The number of hydrogen-bond acceptors (Lipinski definition) is 3. The molecule has 7 nitrogen and oxygen atoms in total. The van der Waals surface area contributed by atoms with Crippen molar-refractivity contribution in [3.8, 4) is 0 Å². The van der Waals surface area contributed by atoms with Crippen LogP contribution in [0.15, 0.2) is 36.4 Å². The van der Waals surface area contributed by atoms with E-state index in [4.69, 9.17) is 0 Å². The summed E-state index contributed by atoms with van der Waals surface area (Å²) in [4.78, 5) is 28.9. The molecular formula is C29H34F7N4O3-. The molecule has 0 saturated carbocycles. The summed E-state index contributed by atoms with van der Waals surface area (Å²) in [6, 6.07) is 6.01. The lowest BCUT2D eigenvalue weighted by atomic mass is 9.88. The Labute approximate surface area is 245 Å². The maximum Gasteiger partial charge on any atom is 0.416 e. The highest BCUT2D eigenvalue weighted by Crippen LogP contribution is 2.37. The number of nitrogens with zero attached hydrogens (tertiary/aromatic N) is 4. The van der Waals surface area contributed by atoms with Crippen LogP contribution in [0.2, 0.25) is 0 Å². The van der Waals surface area contributed by atoms with Crippen molar-refractivity contribution in [1.82, 2.24) is 14.7 Å². The second kappa shape index (κ2) is 13.9. The van der Waals surface area contributed by atoms with Gasteiger partial charge in [-0.2, -0.15) is 33.4 Å². The Morgan fingerprint density at radius 1 is 0.930 bits per heavy atom. The fourth-order valence-electron chi connectivity index (χ4n) is 5.51. The summed E-state index contributed by atoms with van der Waals surface area (Å²) in [7, 11) is 1.31. The number of benzene rings is 2. The molecule has 0 aliphatic carbocycles. The molecule has 2 heterocycles. The molecule has 2 atom stereocenters. The number of alkyl halides is 6. The zero-order chi connectivity index (χ0) is 32.1. The third kappa shape index (κ3) is 9.05. The van der Waals surface area contributed by atoms with Crippen molar-refractivity contribution < 1.29 is 45.4 Å². The minimum absolute atomic E-state index is 0.0964. The second-order valence-electron chi connectivity index (χ2n) is 10.6. The van der Waals surface area contributed by atoms with Crippen molar-refractivity contribution in [2.45, 2.75) is 57.7 Å². The van der Waals surface area contributed by atoms with Crippen LogP contribution in [0.3, 0.4) is 0 Å². The smallest absolute Gasteiger partial charge is 0.416 e. The minimum atomic E-state index is -4.80. The van der Waals surface area contributed by atoms with E-state index in [0.717, 1.165) is 30.6 Å². The number of likely N-dealkylation sites (tertiary alicyclic amines) is 1. The van der Waals surface area contributed by atoms with Gasteiger partial charge in [0.05, 0.1) is 17.2 Å². The van der Waals surface area contributed by atoms with Crippen LogP contribution in [0.4, 0.5) is 35.5 Å². The predicted molar refractivity (Wildman–Crippen MR) is 145 cm³/mol. The van der Waals surface area contributed by atoms with Crippen LogP contribution in [0.1, 0.15) is 53.6 Å². The number of amides is 2. The topological polar surface area (TPSA) is 78.2 Å². The summed E-state index contributed by atoms with van der Waals surface area (Å²) in [5, 5.41) is 13.1. The Bertz CT molecular complexity index is 1250. The zero-order valence-corrected chi connectivity index (χ0v) is 24.0. The SMILES string of the molecule is CC(=O)N1CCN([C@H]2CCN(C(=O)O)[C@@H](c3ccc(F)cc3C)C2)CC1.C[N-]Cc1cc(C(F)(F)F)cc(C(F)(F)F)c1. The average molecular weight is 620 g/mol. The molecule has 14 heteroatoms. The van der Waals surface area contributed by atoms with Gasteiger partial charge in [-0.15, -0.1) is 6.54 Å². The number of carbonyl (C=O) groups is 2. The van der Waals surface area contributed by atoms with Gasteiger partial charge in [0, 0.05) is 45.7 Å². The molecule has 2 aliphatic rings. The Kier molecular flexibility index (Phi) is 11.0. The lowest BCUT2D eigenvalue weighted by Crippen LogP contribution is -2.55. The normalized spacial score (nSPS) is 20.0. The first-order chi connectivity index (χ1) is 20.0. The quantitative estimate of drug-likeness (QED) is 0.386. The highest BCUT2D eigenvalue weighted by atomic mass is 19.4. The van der Waals surface area contributed by atoms with Crippen molar-refractivity contribution in [3.05, 3.63) is 75.3 Å². The summed E-state index contributed by atoms with van der Waals surface area (Å²) >= 11 is 0. The Morgan fingerprint density at radius 3 is 1.98 bits per heavy atom. The van der Waals surface area contributed by atoms with Gasteiger partial charge in [0.25, 0.3) is 0 Å². The number of halogens is 7. The maximum absolute atomic E-state index is 13.5. The van der Waals surface area contributed by atoms with Crippen molar-refractivity contribution in [2.75, 3.05) is 39.8 Å². The average Bonchev–Trinajstić information content (AvgIpc) is 2.92. The van der Waals surface area contributed by atoms with Crippen molar-refractivity contribution in [2.24, 2.45) is 0 Å². The third-order valence-corrected chi connectivity index (χ3v) is 7.68. The van der Waals surface area contributed by atoms with Gasteiger partial charge >= 0.3 is 18.4 Å². The Balaban J connectivity index is 0.000000259. The lowest BCUT2D eigenvalue weighted by molar-refractivity contribution is -0.143. The number of piperidine rings is 1. The number of piperazine rings is 1. The molecule has 2 aromatic carbocycles. The molecule has 2 saturated heterocycles. The van der Waals surface area contributed by atoms with Gasteiger partial charge in [0.2, 0.25) is 5.91 Å². The predicted octanol–water partition coefficient (Wildman–Crippen LogP) is 6.71. The molecule has 2 aliphatic heterocycles. The van der Waals surface area contributed by atoms with E-state index in [1.54, 1.807) is 13.0 Å². The van der Waals surface area contributed by atoms with E-state index in [-0.39, 0.29) is 42.0 Å². The molecule has 2 aromatic rings. The third-order valence-electron chi connectivity index (χ3n) is 7.68. The summed E-state index contributed by atoms with van der Waals surface area (Å²) < 4.78 is 87.7. The molecule has 0 unspecified atom stereocenters. The maximum atomic E-state index is 13.5. The first-order valence-electron chi connectivity index (χ1n) is 13.6. The summed E-state index contributed by atoms with van der Waals surface area (Å²) in [6.07, 6.45) is -9.06. The molecule has 2 amide bonds. The molecule has 0 radical (unpaired) electrons. The Morgan fingerprint density at radius 2 is 1.51 bits per heavy atom. The molecule has 2 fully saturated rings. The fourth-order valence-corrected chi connectivity index (χ4v) is 5.51. The highest BCUT2D eigenvalue weighted by molar-refractivity contribution is 5.73. The zero-order valence-electron chi connectivity index (χ0n) is 24.0. The van der Waals surface area contributed by atoms with Crippen LogP contribution in [0.5, 0.6) is 0 Å². The summed E-state index contributed by atoms with van der Waals surface area (Å²) in [5.74, 6) is -0.203. The Hall–Kier alpha value is -3.39. The van der Waals surface area contributed by atoms with Gasteiger partial charge in [0.1, 0.15) is 5.82 Å². The van der Waals surface area contributed by atoms with E-state index in [1.165, 1.54) is 24.1 Å². The molecule has 238 valence electrons. The van der Waals surface area contributed by atoms with E-state index >= 15 is 0 Å².